The molecule has 0 amide bonds. The predicted molar refractivity (Wildman–Crippen MR) is 49.0 cm³/mol. The molecule has 0 aromatic heterocycles. The first-order chi connectivity index (χ1) is 6.22. The van der Waals surface area contributed by atoms with Crippen LogP contribution in [0.25, 0.3) is 0 Å². The Morgan fingerprint density at radius 1 is 1.54 bits per heavy atom. The molecule has 0 aromatic carbocycles. The van der Waals surface area contributed by atoms with Crippen molar-refractivity contribution in [2.24, 2.45) is 0 Å². The van der Waals surface area contributed by atoms with Crippen molar-refractivity contribution in [2.45, 2.75) is 25.3 Å². The van der Waals surface area contributed by atoms with Crippen molar-refractivity contribution < 1.29 is 9.53 Å². The minimum atomic E-state index is -0.0120. The Hall–Kier alpha value is -1.08. The van der Waals surface area contributed by atoms with Crippen LogP contribution < -0.4 is 0 Å². The van der Waals surface area contributed by atoms with Gasteiger partial charge in [0.25, 0.3) is 6.26 Å². The van der Waals surface area contributed by atoms with Gasteiger partial charge in [0.2, 0.25) is 0 Å². The number of nitrogens with zero attached hydrogens (tertiary/aromatic N) is 2. The van der Waals surface area contributed by atoms with Gasteiger partial charge in [0, 0.05) is 0 Å². The van der Waals surface area contributed by atoms with Crippen LogP contribution in [-0.2, 0) is 9.53 Å². The number of ether oxygens (including phenoxy) is 1. The van der Waals surface area contributed by atoms with E-state index in [-0.39, 0.29) is 6.04 Å². The molecule has 0 aliphatic heterocycles. The molecule has 74 valence electrons. The maximum Gasteiger partial charge on any atom is 0.286 e. The third kappa shape index (κ3) is 6.12. The minimum Gasteiger partial charge on any atom is -0.428 e. The van der Waals surface area contributed by atoms with Crippen LogP contribution in [0.4, 0.5) is 0 Å². The quantitative estimate of drug-likeness (QED) is 0.333. The summed E-state index contributed by atoms with van der Waals surface area (Å²) in [6.07, 6.45) is 5.12. The van der Waals surface area contributed by atoms with Crippen molar-refractivity contribution in [3.8, 4) is 6.26 Å². The lowest BCUT2D eigenvalue weighted by molar-refractivity contribution is -0.111. The molecule has 0 heterocycles. The van der Waals surface area contributed by atoms with Crippen molar-refractivity contribution in [2.75, 3.05) is 20.7 Å². The van der Waals surface area contributed by atoms with E-state index in [9.17, 15) is 4.79 Å². The highest BCUT2D eigenvalue weighted by Crippen LogP contribution is 2.03. The van der Waals surface area contributed by atoms with E-state index in [1.165, 1.54) is 0 Å². The maximum absolute atomic E-state index is 10.5. The first-order valence-corrected chi connectivity index (χ1v) is 4.35. The van der Waals surface area contributed by atoms with Gasteiger partial charge in [0.15, 0.2) is 0 Å². The number of aldehydes is 1. The summed E-state index contributed by atoms with van der Waals surface area (Å²) in [6.45, 7) is 0.454. The Bertz CT molecular complexity index is 175. The molecule has 4 heteroatoms. The normalized spacial score (nSPS) is 12.2. The SMILES string of the molecule is CN(C)C(C=O)CCCCOC#N. The van der Waals surface area contributed by atoms with Gasteiger partial charge in [0.1, 0.15) is 12.9 Å². The van der Waals surface area contributed by atoms with Crippen molar-refractivity contribution in [1.29, 1.82) is 5.26 Å². The molecular weight excluding hydrogens is 168 g/mol. The fraction of sp³-hybridized carbons (Fsp3) is 0.778. The number of unbranched alkanes of at least 4 members (excludes halogenated alkanes) is 1. The van der Waals surface area contributed by atoms with Crippen molar-refractivity contribution in [3.63, 3.8) is 0 Å². The van der Waals surface area contributed by atoms with E-state index >= 15 is 0 Å². The summed E-state index contributed by atoms with van der Waals surface area (Å²) in [5, 5.41) is 8.07. The second-order valence-electron chi connectivity index (χ2n) is 3.10. The molecule has 1 atom stereocenters. The summed E-state index contributed by atoms with van der Waals surface area (Å²) in [5.41, 5.74) is 0. The van der Waals surface area contributed by atoms with E-state index in [1.807, 2.05) is 19.0 Å². The summed E-state index contributed by atoms with van der Waals surface area (Å²) < 4.78 is 4.51. The fourth-order valence-corrected chi connectivity index (χ4v) is 1.02. The number of hydrogen-bond acceptors (Lipinski definition) is 4. The van der Waals surface area contributed by atoms with Crippen LogP contribution in [-0.4, -0.2) is 37.9 Å². The van der Waals surface area contributed by atoms with Crippen molar-refractivity contribution in [1.82, 2.24) is 4.90 Å². The van der Waals surface area contributed by atoms with Crippen LogP contribution in [0.5, 0.6) is 0 Å². The molecule has 0 saturated carbocycles. The second-order valence-corrected chi connectivity index (χ2v) is 3.10. The zero-order valence-corrected chi connectivity index (χ0v) is 8.19. The molecule has 0 bridgehead atoms. The van der Waals surface area contributed by atoms with Crippen LogP contribution in [0.15, 0.2) is 0 Å². The van der Waals surface area contributed by atoms with Crippen LogP contribution in [0.2, 0.25) is 0 Å². The minimum absolute atomic E-state index is 0.0120. The zero-order chi connectivity index (χ0) is 10.1. The molecule has 0 aromatic rings. The summed E-state index contributed by atoms with van der Waals surface area (Å²) in [4.78, 5) is 12.4. The molecular formula is C9H16N2O2. The highest BCUT2D eigenvalue weighted by molar-refractivity contribution is 5.57. The number of hydrogen-bond donors (Lipinski definition) is 0. The monoisotopic (exact) mass is 184 g/mol. The Morgan fingerprint density at radius 3 is 2.69 bits per heavy atom. The number of carbonyl (C=O) groups excluding carboxylic acids is 1. The van der Waals surface area contributed by atoms with Crippen LogP contribution in [0, 0.1) is 11.5 Å². The van der Waals surface area contributed by atoms with E-state index in [0.29, 0.717) is 6.61 Å². The van der Waals surface area contributed by atoms with E-state index in [0.717, 1.165) is 25.5 Å². The van der Waals surface area contributed by atoms with E-state index in [1.54, 1.807) is 6.26 Å². The average Bonchev–Trinajstić information content (AvgIpc) is 2.10. The molecule has 4 nitrogen and oxygen atoms in total. The molecule has 0 aliphatic rings. The van der Waals surface area contributed by atoms with Crippen molar-refractivity contribution >= 4 is 6.29 Å². The van der Waals surface area contributed by atoms with Gasteiger partial charge < -0.3 is 14.4 Å². The standard InChI is InChI=1S/C9H16N2O2/c1-11(2)9(7-12)5-3-4-6-13-8-10/h7,9H,3-6H2,1-2H3. The molecule has 0 rings (SSSR count). The van der Waals surface area contributed by atoms with Crippen LogP contribution in [0.1, 0.15) is 19.3 Å². The molecule has 0 N–H and O–H groups in total. The van der Waals surface area contributed by atoms with Gasteiger partial charge >= 0.3 is 0 Å². The lowest BCUT2D eigenvalue weighted by Gasteiger charge is -2.17. The van der Waals surface area contributed by atoms with Crippen LogP contribution >= 0.6 is 0 Å². The van der Waals surface area contributed by atoms with Gasteiger partial charge in [-0.1, -0.05) is 0 Å². The highest BCUT2D eigenvalue weighted by Gasteiger charge is 2.08. The van der Waals surface area contributed by atoms with Gasteiger partial charge in [0.05, 0.1) is 6.04 Å². The third-order valence-corrected chi connectivity index (χ3v) is 1.88. The lowest BCUT2D eigenvalue weighted by Crippen LogP contribution is -2.29. The predicted octanol–water partition coefficient (Wildman–Crippen LogP) is 0.783. The van der Waals surface area contributed by atoms with Gasteiger partial charge in [-0.25, -0.2) is 0 Å². The summed E-state index contributed by atoms with van der Waals surface area (Å²) in [6, 6.07) is -0.0120. The van der Waals surface area contributed by atoms with Crippen molar-refractivity contribution in [3.05, 3.63) is 0 Å². The van der Waals surface area contributed by atoms with Gasteiger partial charge in [-0.3, -0.25) is 0 Å². The van der Waals surface area contributed by atoms with Gasteiger partial charge in [-0.05, 0) is 33.4 Å². The second kappa shape index (κ2) is 7.56. The molecule has 13 heavy (non-hydrogen) atoms. The Labute approximate surface area is 79.1 Å². The Kier molecular flexibility index (Phi) is 6.93. The smallest absolute Gasteiger partial charge is 0.286 e. The van der Waals surface area contributed by atoms with Gasteiger partial charge in [-0.2, -0.15) is 5.26 Å². The summed E-state index contributed by atoms with van der Waals surface area (Å²) in [5.74, 6) is 0. The number of nitriles is 1. The maximum atomic E-state index is 10.5. The van der Waals surface area contributed by atoms with Gasteiger partial charge in [-0.15, -0.1) is 0 Å². The average molecular weight is 184 g/mol. The van der Waals surface area contributed by atoms with E-state index in [4.69, 9.17) is 5.26 Å². The largest absolute Gasteiger partial charge is 0.428 e. The molecule has 1 unspecified atom stereocenters. The number of rotatable bonds is 7. The summed E-state index contributed by atoms with van der Waals surface area (Å²) in [7, 11) is 3.76. The third-order valence-electron chi connectivity index (χ3n) is 1.88. The Morgan fingerprint density at radius 2 is 2.23 bits per heavy atom. The van der Waals surface area contributed by atoms with Crippen LogP contribution in [0.3, 0.4) is 0 Å². The zero-order valence-electron chi connectivity index (χ0n) is 8.19. The Balaban J connectivity index is 3.40. The lowest BCUT2D eigenvalue weighted by atomic mass is 10.1. The molecule has 0 radical (unpaired) electrons. The number of likely N-dealkylation sites (N-methyl/N-ethyl adjacent to an activating group) is 1. The first-order valence-electron chi connectivity index (χ1n) is 4.35. The van der Waals surface area contributed by atoms with E-state index in [2.05, 4.69) is 4.74 Å². The van der Waals surface area contributed by atoms with E-state index < -0.39 is 0 Å². The number of carbonyl (C=O) groups is 1. The first kappa shape index (κ1) is 11.9. The molecule has 0 aliphatic carbocycles. The topological polar surface area (TPSA) is 53.3 Å². The molecule has 0 fully saturated rings. The summed E-state index contributed by atoms with van der Waals surface area (Å²) >= 11 is 0. The molecule has 0 saturated heterocycles. The molecule has 0 spiro atoms. The fourth-order valence-electron chi connectivity index (χ4n) is 1.02. The highest BCUT2D eigenvalue weighted by atomic mass is 16.5.